The molecule has 1 N–H and O–H groups in total. The summed E-state index contributed by atoms with van der Waals surface area (Å²) < 4.78 is 5.72. The van der Waals surface area contributed by atoms with Crippen LogP contribution < -0.4 is 5.32 Å². The van der Waals surface area contributed by atoms with Gasteiger partial charge in [-0.1, -0.05) is 12.1 Å². The minimum absolute atomic E-state index is 0.0400. The summed E-state index contributed by atoms with van der Waals surface area (Å²) in [6.45, 7) is 3.37. The maximum atomic E-state index is 11.2. The van der Waals surface area contributed by atoms with Gasteiger partial charge in [0.1, 0.15) is 0 Å². The molecule has 6 heteroatoms. The van der Waals surface area contributed by atoms with Gasteiger partial charge in [-0.15, -0.1) is 0 Å². The maximum absolute atomic E-state index is 11.2. The number of non-ortho nitro benzene ring substituents is 1. The molecule has 116 valence electrons. The summed E-state index contributed by atoms with van der Waals surface area (Å²) in [5, 5.41) is 15.3. The first-order chi connectivity index (χ1) is 10.6. The SMILES string of the molecule is Cc1cc(NCC2CCCCO2)c2cccc([N+](=O)[O-])c2n1. The van der Waals surface area contributed by atoms with E-state index in [0.29, 0.717) is 12.1 Å². The van der Waals surface area contributed by atoms with Crippen LogP contribution in [0.4, 0.5) is 11.4 Å². The Kier molecular flexibility index (Phi) is 4.20. The predicted octanol–water partition coefficient (Wildman–Crippen LogP) is 3.43. The highest BCUT2D eigenvalue weighted by molar-refractivity contribution is 5.96. The monoisotopic (exact) mass is 301 g/mol. The van der Waals surface area contributed by atoms with Gasteiger partial charge < -0.3 is 10.1 Å². The molecule has 6 nitrogen and oxygen atoms in total. The number of anilines is 1. The molecule has 0 aliphatic carbocycles. The third kappa shape index (κ3) is 3.01. The first kappa shape index (κ1) is 14.7. The maximum Gasteiger partial charge on any atom is 0.295 e. The number of rotatable bonds is 4. The van der Waals surface area contributed by atoms with Crippen molar-refractivity contribution in [1.29, 1.82) is 0 Å². The number of aryl methyl sites for hydroxylation is 1. The molecule has 0 bridgehead atoms. The van der Waals surface area contributed by atoms with Gasteiger partial charge in [-0.2, -0.15) is 0 Å². The molecule has 1 aliphatic heterocycles. The molecule has 2 heterocycles. The van der Waals surface area contributed by atoms with E-state index in [1.165, 1.54) is 12.5 Å². The van der Waals surface area contributed by atoms with Crippen LogP contribution in [0, 0.1) is 17.0 Å². The van der Waals surface area contributed by atoms with Gasteiger partial charge in [0.2, 0.25) is 0 Å². The molecule has 1 aromatic carbocycles. The number of ether oxygens (including phenoxy) is 1. The van der Waals surface area contributed by atoms with E-state index >= 15 is 0 Å². The van der Waals surface area contributed by atoms with E-state index in [0.717, 1.165) is 36.2 Å². The lowest BCUT2D eigenvalue weighted by Gasteiger charge is -2.23. The van der Waals surface area contributed by atoms with Crippen molar-refractivity contribution in [2.75, 3.05) is 18.5 Å². The van der Waals surface area contributed by atoms with Crippen LogP contribution >= 0.6 is 0 Å². The van der Waals surface area contributed by atoms with Gasteiger partial charge in [0.05, 0.1) is 11.0 Å². The molecule has 1 unspecified atom stereocenters. The van der Waals surface area contributed by atoms with Crippen molar-refractivity contribution in [3.8, 4) is 0 Å². The Morgan fingerprint density at radius 3 is 3.05 bits per heavy atom. The zero-order chi connectivity index (χ0) is 15.5. The minimum Gasteiger partial charge on any atom is -0.382 e. The van der Waals surface area contributed by atoms with Crippen molar-refractivity contribution in [2.24, 2.45) is 0 Å². The first-order valence-corrected chi connectivity index (χ1v) is 7.55. The first-order valence-electron chi connectivity index (χ1n) is 7.55. The number of nitro groups is 1. The molecular formula is C16H19N3O3. The van der Waals surface area contributed by atoms with Gasteiger partial charge in [-0.3, -0.25) is 10.1 Å². The summed E-state index contributed by atoms with van der Waals surface area (Å²) in [5.74, 6) is 0. The Labute approximate surface area is 128 Å². The van der Waals surface area contributed by atoms with E-state index < -0.39 is 0 Å². The van der Waals surface area contributed by atoms with Gasteiger partial charge in [-0.05, 0) is 32.3 Å². The standard InChI is InChI=1S/C16H19N3O3/c1-11-9-14(17-10-12-5-2-3-8-22-12)13-6-4-7-15(19(20)21)16(13)18-11/h4,6-7,9,12H,2-3,5,8,10H2,1H3,(H,17,18). The van der Waals surface area contributed by atoms with E-state index in [9.17, 15) is 10.1 Å². The quantitative estimate of drug-likeness (QED) is 0.691. The molecule has 0 saturated carbocycles. The molecule has 1 aliphatic rings. The molecular weight excluding hydrogens is 282 g/mol. The molecule has 0 radical (unpaired) electrons. The Morgan fingerprint density at radius 1 is 1.45 bits per heavy atom. The average Bonchev–Trinajstić information content (AvgIpc) is 2.52. The number of nitro benzene ring substituents is 1. The lowest BCUT2D eigenvalue weighted by Crippen LogP contribution is -2.27. The van der Waals surface area contributed by atoms with Crippen molar-refractivity contribution in [3.05, 3.63) is 40.1 Å². The molecule has 1 aromatic heterocycles. The van der Waals surface area contributed by atoms with Crippen LogP contribution in [0.2, 0.25) is 0 Å². The number of fused-ring (bicyclic) bond motifs is 1. The van der Waals surface area contributed by atoms with E-state index in [-0.39, 0.29) is 16.7 Å². The second kappa shape index (κ2) is 6.27. The van der Waals surface area contributed by atoms with Crippen molar-refractivity contribution >= 4 is 22.3 Å². The normalized spacial score (nSPS) is 18.3. The second-order valence-electron chi connectivity index (χ2n) is 5.61. The molecule has 1 saturated heterocycles. The number of para-hydroxylation sites is 1. The van der Waals surface area contributed by atoms with Gasteiger partial charge in [0, 0.05) is 36.0 Å². The van der Waals surface area contributed by atoms with Crippen molar-refractivity contribution < 1.29 is 9.66 Å². The number of nitrogens with zero attached hydrogens (tertiary/aromatic N) is 2. The summed E-state index contributed by atoms with van der Waals surface area (Å²) in [4.78, 5) is 15.1. The summed E-state index contributed by atoms with van der Waals surface area (Å²) >= 11 is 0. The number of pyridine rings is 1. The highest BCUT2D eigenvalue weighted by Crippen LogP contribution is 2.30. The number of nitrogens with one attached hydrogen (secondary N) is 1. The molecule has 22 heavy (non-hydrogen) atoms. The number of benzene rings is 1. The highest BCUT2D eigenvalue weighted by Gasteiger charge is 2.17. The fourth-order valence-electron chi connectivity index (χ4n) is 2.85. The summed E-state index contributed by atoms with van der Waals surface area (Å²) in [7, 11) is 0. The average molecular weight is 301 g/mol. The highest BCUT2D eigenvalue weighted by atomic mass is 16.6. The number of aromatic nitrogens is 1. The predicted molar refractivity (Wildman–Crippen MR) is 85.2 cm³/mol. The van der Waals surface area contributed by atoms with E-state index in [4.69, 9.17) is 4.74 Å². The van der Waals surface area contributed by atoms with Gasteiger partial charge in [0.15, 0.2) is 5.52 Å². The Bertz CT molecular complexity index is 696. The summed E-state index contributed by atoms with van der Waals surface area (Å²) in [6, 6.07) is 6.97. The smallest absolute Gasteiger partial charge is 0.295 e. The van der Waals surface area contributed by atoms with Crippen LogP contribution in [0.3, 0.4) is 0 Å². The van der Waals surface area contributed by atoms with Crippen LogP contribution in [0.15, 0.2) is 24.3 Å². The summed E-state index contributed by atoms with van der Waals surface area (Å²) in [5.41, 5.74) is 2.10. The van der Waals surface area contributed by atoms with E-state index in [1.54, 1.807) is 6.07 Å². The van der Waals surface area contributed by atoms with Crippen LogP contribution in [0.5, 0.6) is 0 Å². The van der Waals surface area contributed by atoms with Gasteiger partial charge in [0.25, 0.3) is 5.69 Å². The van der Waals surface area contributed by atoms with Crippen molar-refractivity contribution in [2.45, 2.75) is 32.3 Å². The van der Waals surface area contributed by atoms with Gasteiger partial charge >= 0.3 is 0 Å². The topological polar surface area (TPSA) is 77.3 Å². The fraction of sp³-hybridized carbons (Fsp3) is 0.438. The third-order valence-corrected chi connectivity index (χ3v) is 3.94. The molecule has 3 rings (SSSR count). The van der Waals surface area contributed by atoms with Gasteiger partial charge in [-0.25, -0.2) is 4.98 Å². The molecule has 1 fully saturated rings. The van der Waals surface area contributed by atoms with Crippen molar-refractivity contribution in [1.82, 2.24) is 4.98 Å². The van der Waals surface area contributed by atoms with Crippen LogP contribution in [0.25, 0.3) is 10.9 Å². The molecule has 2 aromatic rings. The van der Waals surface area contributed by atoms with E-state index in [1.807, 2.05) is 19.1 Å². The third-order valence-electron chi connectivity index (χ3n) is 3.94. The lowest BCUT2D eigenvalue weighted by molar-refractivity contribution is -0.383. The number of hydrogen-bond donors (Lipinski definition) is 1. The van der Waals surface area contributed by atoms with E-state index in [2.05, 4.69) is 10.3 Å². The fourth-order valence-corrected chi connectivity index (χ4v) is 2.85. The molecule has 0 amide bonds. The van der Waals surface area contributed by atoms with Crippen molar-refractivity contribution in [3.63, 3.8) is 0 Å². The number of hydrogen-bond acceptors (Lipinski definition) is 5. The second-order valence-corrected chi connectivity index (χ2v) is 5.61. The van der Waals surface area contributed by atoms with Crippen LogP contribution in [-0.4, -0.2) is 29.2 Å². The lowest BCUT2D eigenvalue weighted by atomic mass is 10.1. The summed E-state index contributed by atoms with van der Waals surface area (Å²) in [6.07, 6.45) is 3.57. The Hall–Kier alpha value is -2.21. The zero-order valence-corrected chi connectivity index (χ0v) is 12.5. The largest absolute Gasteiger partial charge is 0.382 e. The van der Waals surface area contributed by atoms with Crippen LogP contribution in [-0.2, 0) is 4.74 Å². The Balaban J connectivity index is 1.91. The minimum atomic E-state index is -0.386. The molecule has 1 atom stereocenters. The molecule has 0 spiro atoms. The Morgan fingerprint density at radius 2 is 2.32 bits per heavy atom. The van der Waals surface area contributed by atoms with Crippen LogP contribution in [0.1, 0.15) is 25.0 Å². The zero-order valence-electron chi connectivity index (χ0n) is 12.5.